The third-order valence-corrected chi connectivity index (χ3v) is 3.34. The Kier molecular flexibility index (Phi) is 6.89. The number of hydrogen-bond acceptors (Lipinski definition) is 4. The van der Waals surface area contributed by atoms with Crippen LogP contribution in [0.2, 0.25) is 0 Å². The molecule has 0 saturated heterocycles. The minimum absolute atomic E-state index is 0.520. The van der Waals surface area contributed by atoms with Gasteiger partial charge in [-0.1, -0.05) is 13.0 Å². The van der Waals surface area contributed by atoms with Crippen molar-refractivity contribution in [2.45, 2.75) is 19.9 Å². The van der Waals surface area contributed by atoms with E-state index in [9.17, 15) is 0 Å². The zero-order valence-corrected chi connectivity index (χ0v) is 11.4. The highest BCUT2D eigenvalue weighted by Crippen LogP contribution is 2.28. The maximum absolute atomic E-state index is 5.72. The predicted octanol–water partition coefficient (Wildman–Crippen LogP) is 2.68. The Bertz CT molecular complexity index is 331. The average molecular weight is 255 g/mol. The monoisotopic (exact) mass is 255 g/mol. The molecule has 0 aliphatic rings. The number of ether oxygens (including phenoxy) is 2. The predicted molar refractivity (Wildman–Crippen MR) is 74.0 cm³/mol. The topological polar surface area (TPSA) is 44.5 Å². The van der Waals surface area contributed by atoms with Crippen molar-refractivity contribution >= 4 is 11.8 Å². The molecule has 0 aliphatic heterocycles. The number of thioether (sulfide) groups is 1. The van der Waals surface area contributed by atoms with Crippen LogP contribution in [-0.2, 0) is 6.54 Å². The molecule has 0 saturated carbocycles. The van der Waals surface area contributed by atoms with Crippen LogP contribution in [0.3, 0.4) is 0 Å². The summed E-state index contributed by atoms with van der Waals surface area (Å²) in [5.41, 5.74) is 6.66. The standard InChI is InChI=1S/C13H21NO2S/c1-3-17-8-4-7-16-13-9-11(10-14)5-6-12(13)15-2/h5-6,9H,3-4,7-8,10,14H2,1-2H3. The Balaban J connectivity index is 2.49. The van der Waals surface area contributed by atoms with E-state index >= 15 is 0 Å². The van der Waals surface area contributed by atoms with Crippen LogP contribution in [0.4, 0.5) is 0 Å². The molecule has 0 spiro atoms. The van der Waals surface area contributed by atoms with Crippen molar-refractivity contribution in [2.24, 2.45) is 5.73 Å². The lowest BCUT2D eigenvalue weighted by atomic mass is 10.2. The highest BCUT2D eigenvalue weighted by atomic mass is 32.2. The molecule has 0 fully saturated rings. The van der Waals surface area contributed by atoms with Crippen LogP contribution >= 0.6 is 11.8 Å². The van der Waals surface area contributed by atoms with Crippen molar-refractivity contribution < 1.29 is 9.47 Å². The van der Waals surface area contributed by atoms with Crippen LogP contribution in [0, 0.1) is 0 Å². The van der Waals surface area contributed by atoms with Crippen LogP contribution < -0.4 is 15.2 Å². The Labute approximate surface area is 108 Å². The molecular weight excluding hydrogens is 234 g/mol. The number of hydrogen-bond donors (Lipinski definition) is 1. The van der Waals surface area contributed by atoms with E-state index in [4.69, 9.17) is 15.2 Å². The van der Waals surface area contributed by atoms with Gasteiger partial charge in [-0.2, -0.15) is 11.8 Å². The summed E-state index contributed by atoms with van der Waals surface area (Å²) in [4.78, 5) is 0. The van der Waals surface area contributed by atoms with Gasteiger partial charge in [0.25, 0.3) is 0 Å². The third kappa shape index (κ3) is 4.88. The normalized spacial score (nSPS) is 10.3. The van der Waals surface area contributed by atoms with Crippen LogP contribution in [-0.4, -0.2) is 25.2 Å². The Morgan fingerprint density at radius 3 is 2.76 bits per heavy atom. The molecule has 1 aromatic carbocycles. The molecule has 0 unspecified atom stereocenters. The second kappa shape index (κ2) is 8.25. The molecule has 0 aromatic heterocycles. The van der Waals surface area contributed by atoms with Gasteiger partial charge in [0.2, 0.25) is 0 Å². The van der Waals surface area contributed by atoms with Gasteiger partial charge in [-0.15, -0.1) is 0 Å². The smallest absolute Gasteiger partial charge is 0.161 e. The highest BCUT2D eigenvalue weighted by molar-refractivity contribution is 7.99. The van der Waals surface area contributed by atoms with Crippen LogP contribution in [0.5, 0.6) is 11.5 Å². The van der Waals surface area contributed by atoms with E-state index in [1.165, 1.54) is 0 Å². The summed E-state index contributed by atoms with van der Waals surface area (Å²) in [7, 11) is 1.65. The molecule has 0 bridgehead atoms. The van der Waals surface area contributed by atoms with Gasteiger partial charge in [0, 0.05) is 6.54 Å². The zero-order valence-electron chi connectivity index (χ0n) is 10.6. The first-order valence-corrected chi connectivity index (χ1v) is 7.04. The van der Waals surface area contributed by atoms with Gasteiger partial charge in [-0.3, -0.25) is 0 Å². The molecule has 0 aliphatic carbocycles. The first-order chi connectivity index (χ1) is 8.31. The first-order valence-electron chi connectivity index (χ1n) is 5.89. The van der Waals surface area contributed by atoms with E-state index in [0.29, 0.717) is 6.54 Å². The van der Waals surface area contributed by atoms with Gasteiger partial charge in [0.15, 0.2) is 11.5 Å². The number of nitrogens with two attached hydrogens (primary N) is 1. The van der Waals surface area contributed by atoms with E-state index in [2.05, 4.69) is 6.92 Å². The van der Waals surface area contributed by atoms with Crippen molar-refractivity contribution in [3.63, 3.8) is 0 Å². The molecule has 0 radical (unpaired) electrons. The fourth-order valence-corrected chi connectivity index (χ4v) is 2.06. The molecule has 0 heterocycles. The van der Waals surface area contributed by atoms with Crippen LogP contribution in [0.1, 0.15) is 18.9 Å². The maximum atomic E-state index is 5.72. The highest BCUT2D eigenvalue weighted by Gasteiger charge is 2.04. The number of benzene rings is 1. The van der Waals surface area contributed by atoms with Gasteiger partial charge in [0.05, 0.1) is 13.7 Å². The second-order valence-corrected chi connectivity index (χ2v) is 4.98. The Hall–Kier alpha value is -0.870. The molecule has 3 nitrogen and oxygen atoms in total. The molecule has 0 amide bonds. The zero-order chi connectivity index (χ0) is 12.5. The van der Waals surface area contributed by atoms with E-state index in [1.807, 2.05) is 30.0 Å². The number of methoxy groups -OCH3 is 1. The molecule has 17 heavy (non-hydrogen) atoms. The summed E-state index contributed by atoms with van der Waals surface area (Å²) >= 11 is 1.93. The van der Waals surface area contributed by atoms with Gasteiger partial charge in [-0.05, 0) is 35.6 Å². The van der Waals surface area contributed by atoms with Crippen LogP contribution in [0.25, 0.3) is 0 Å². The molecule has 2 N–H and O–H groups in total. The second-order valence-electron chi connectivity index (χ2n) is 3.59. The minimum atomic E-state index is 0.520. The van der Waals surface area contributed by atoms with Crippen molar-refractivity contribution in [2.75, 3.05) is 25.2 Å². The summed E-state index contributed by atoms with van der Waals surface area (Å²) < 4.78 is 11.0. The average Bonchev–Trinajstić information content (AvgIpc) is 2.38. The Morgan fingerprint density at radius 1 is 1.29 bits per heavy atom. The fourth-order valence-electron chi connectivity index (χ4n) is 1.45. The number of rotatable bonds is 8. The summed E-state index contributed by atoms with van der Waals surface area (Å²) in [5, 5.41) is 0. The molecule has 0 atom stereocenters. The van der Waals surface area contributed by atoms with Crippen molar-refractivity contribution in [1.29, 1.82) is 0 Å². The van der Waals surface area contributed by atoms with Gasteiger partial charge >= 0.3 is 0 Å². The van der Waals surface area contributed by atoms with Crippen molar-refractivity contribution in [3.05, 3.63) is 23.8 Å². The summed E-state index contributed by atoms with van der Waals surface area (Å²) in [6, 6.07) is 5.81. The van der Waals surface area contributed by atoms with Crippen molar-refractivity contribution in [3.8, 4) is 11.5 Å². The van der Waals surface area contributed by atoms with E-state index in [-0.39, 0.29) is 0 Å². The maximum Gasteiger partial charge on any atom is 0.161 e. The SMILES string of the molecule is CCSCCCOc1cc(CN)ccc1OC. The molecule has 1 aromatic rings. The lowest BCUT2D eigenvalue weighted by Gasteiger charge is -2.11. The minimum Gasteiger partial charge on any atom is -0.493 e. The van der Waals surface area contributed by atoms with Gasteiger partial charge < -0.3 is 15.2 Å². The lowest BCUT2D eigenvalue weighted by Crippen LogP contribution is -2.03. The van der Waals surface area contributed by atoms with Crippen molar-refractivity contribution in [1.82, 2.24) is 0 Å². The molecule has 1 rings (SSSR count). The first kappa shape index (κ1) is 14.2. The molecule has 4 heteroatoms. The fraction of sp³-hybridized carbons (Fsp3) is 0.538. The largest absolute Gasteiger partial charge is 0.493 e. The van der Waals surface area contributed by atoms with Gasteiger partial charge in [0.1, 0.15) is 0 Å². The van der Waals surface area contributed by atoms with E-state index in [1.54, 1.807) is 7.11 Å². The quantitative estimate of drug-likeness (QED) is 0.725. The van der Waals surface area contributed by atoms with Crippen LogP contribution in [0.15, 0.2) is 18.2 Å². The summed E-state index contributed by atoms with van der Waals surface area (Å²) in [5.74, 6) is 3.85. The Morgan fingerprint density at radius 2 is 2.12 bits per heavy atom. The molecule has 96 valence electrons. The summed E-state index contributed by atoms with van der Waals surface area (Å²) in [6.45, 7) is 3.41. The van der Waals surface area contributed by atoms with Gasteiger partial charge in [-0.25, -0.2) is 0 Å². The van der Waals surface area contributed by atoms with E-state index < -0.39 is 0 Å². The van der Waals surface area contributed by atoms with E-state index in [0.717, 1.165) is 41.6 Å². The summed E-state index contributed by atoms with van der Waals surface area (Å²) in [6.07, 6.45) is 1.05. The molecular formula is C13H21NO2S. The lowest BCUT2D eigenvalue weighted by molar-refractivity contribution is 0.295. The third-order valence-electron chi connectivity index (χ3n) is 2.36.